The number of carbonyl (C=O) groups is 1. The van der Waals surface area contributed by atoms with Crippen LogP contribution in [0.4, 0.5) is 0 Å². The summed E-state index contributed by atoms with van der Waals surface area (Å²) in [5, 5.41) is 12.8. The first-order valence-electron chi connectivity index (χ1n) is 4.43. The fourth-order valence-corrected chi connectivity index (χ4v) is 1.29. The van der Waals surface area contributed by atoms with E-state index in [1.165, 1.54) is 14.0 Å². The van der Waals surface area contributed by atoms with Gasteiger partial charge in [-0.15, -0.1) is 0 Å². The molecule has 1 amide bonds. The van der Waals surface area contributed by atoms with Crippen LogP contribution in [-0.2, 0) is 9.53 Å². The molecule has 0 fully saturated rings. The van der Waals surface area contributed by atoms with Crippen LogP contribution in [0.2, 0.25) is 0 Å². The SMILES string of the molecule is CC[C@@H](OC)[C@@H](C[N+](=O)[O-])NC(C)=O. The highest BCUT2D eigenvalue weighted by Crippen LogP contribution is 2.03. The van der Waals surface area contributed by atoms with Crippen LogP contribution in [0.5, 0.6) is 0 Å². The van der Waals surface area contributed by atoms with E-state index in [2.05, 4.69) is 5.32 Å². The van der Waals surface area contributed by atoms with Crippen molar-refractivity contribution < 1.29 is 14.5 Å². The maximum atomic E-state index is 10.8. The van der Waals surface area contributed by atoms with Crippen LogP contribution in [0.3, 0.4) is 0 Å². The summed E-state index contributed by atoms with van der Waals surface area (Å²) in [6.45, 7) is 2.87. The van der Waals surface area contributed by atoms with Crippen LogP contribution in [0.15, 0.2) is 0 Å². The van der Waals surface area contributed by atoms with Crippen LogP contribution in [0, 0.1) is 10.1 Å². The summed E-state index contributed by atoms with van der Waals surface area (Å²) in [4.78, 5) is 20.7. The normalized spacial score (nSPS) is 14.5. The molecular weight excluding hydrogens is 188 g/mol. The number of hydrogen-bond donors (Lipinski definition) is 1. The Morgan fingerprint density at radius 1 is 1.64 bits per heavy atom. The smallest absolute Gasteiger partial charge is 0.226 e. The van der Waals surface area contributed by atoms with Crippen molar-refractivity contribution in [2.45, 2.75) is 32.4 Å². The van der Waals surface area contributed by atoms with E-state index in [9.17, 15) is 14.9 Å². The van der Waals surface area contributed by atoms with Crippen LogP contribution in [0.1, 0.15) is 20.3 Å². The summed E-state index contributed by atoms with van der Waals surface area (Å²) in [6, 6.07) is -0.558. The predicted octanol–water partition coefficient (Wildman–Crippen LogP) is 0.193. The van der Waals surface area contributed by atoms with Gasteiger partial charge in [0.25, 0.3) is 0 Å². The van der Waals surface area contributed by atoms with Gasteiger partial charge in [0.15, 0.2) is 0 Å². The van der Waals surface area contributed by atoms with Gasteiger partial charge in [-0.3, -0.25) is 14.9 Å². The summed E-state index contributed by atoms with van der Waals surface area (Å²) in [6.07, 6.45) is 0.305. The van der Waals surface area contributed by atoms with Gasteiger partial charge in [-0.25, -0.2) is 0 Å². The second kappa shape index (κ2) is 6.31. The molecule has 0 aromatic heterocycles. The fourth-order valence-electron chi connectivity index (χ4n) is 1.29. The number of carbonyl (C=O) groups excluding carboxylic acids is 1. The second-order valence-electron chi connectivity index (χ2n) is 3.00. The minimum absolute atomic E-state index is 0.285. The Bertz CT molecular complexity index is 188. The van der Waals surface area contributed by atoms with Gasteiger partial charge in [-0.05, 0) is 6.42 Å². The summed E-state index contributed by atoms with van der Waals surface area (Å²) in [7, 11) is 1.48. The lowest BCUT2D eigenvalue weighted by Gasteiger charge is -2.22. The Labute approximate surface area is 82.8 Å². The fraction of sp³-hybridized carbons (Fsp3) is 0.875. The van der Waals surface area contributed by atoms with E-state index in [0.717, 1.165) is 0 Å². The third-order valence-electron chi connectivity index (χ3n) is 1.89. The second-order valence-corrected chi connectivity index (χ2v) is 3.00. The number of methoxy groups -OCH3 is 1. The number of nitrogens with zero attached hydrogens (tertiary/aromatic N) is 1. The number of rotatable bonds is 6. The summed E-state index contributed by atoms with van der Waals surface area (Å²) in [5.41, 5.74) is 0. The van der Waals surface area contributed by atoms with Gasteiger partial charge in [-0.1, -0.05) is 6.92 Å². The van der Waals surface area contributed by atoms with Gasteiger partial charge in [0.1, 0.15) is 6.04 Å². The average Bonchev–Trinajstić information content (AvgIpc) is 2.03. The van der Waals surface area contributed by atoms with Crippen molar-refractivity contribution >= 4 is 5.91 Å². The molecule has 0 heterocycles. The molecule has 82 valence electrons. The molecule has 0 spiro atoms. The monoisotopic (exact) mass is 204 g/mol. The Morgan fingerprint density at radius 2 is 2.21 bits per heavy atom. The third kappa shape index (κ3) is 4.76. The lowest BCUT2D eigenvalue weighted by Crippen LogP contribution is -2.47. The first kappa shape index (κ1) is 12.8. The lowest BCUT2D eigenvalue weighted by molar-refractivity contribution is -0.485. The zero-order chi connectivity index (χ0) is 11.1. The van der Waals surface area contributed by atoms with Gasteiger partial charge >= 0.3 is 0 Å². The van der Waals surface area contributed by atoms with Crippen LogP contribution >= 0.6 is 0 Å². The minimum Gasteiger partial charge on any atom is -0.379 e. The average molecular weight is 204 g/mol. The largest absolute Gasteiger partial charge is 0.379 e. The Balaban J connectivity index is 4.35. The molecule has 14 heavy (non-hydrogen) atoms. The number of ether oxygens (including phenoxy) is 1. The quantitative estimate of drug-likeness (QED) is 0.494. The molecule has 0 saturated heterocycles. The summed E-state index contributed by atoms with van der Waals surface area (Å²) >= 11 is 0. The maximum absolute atomic E-state index is 10.8. The molecule has 1 N–H and O–H groups in total. The van der Waals surface area contributed by atoms with Gasteiger partial charge < -0.3 is 10.1 Å². The Morgan fingerprint density at radius 3 is 2.50 bits per heavy atom. The maximum Gasteiger partial charge on any atom is 0.226 e. The minimum atomic E-state index is -0.558. The molecule has 0 bridgehead atoms. The number of amides is 1. The van der Waals surface area contributed by atoms with E-state index >= 15 is 0 Å². The van der Waals surface area contributed by atoms with Crippen LogP contribution in [-0.4, -0.2) is 36.6 Å². The van der Waals surface area contributed by atoms with E-state index in [0.29, 0.717) is 6.42 Å². The van der Waals surface area contributed by atoms with E-state index < -0.39 is 11.0 Å². The van der Waals surface area contributed by atoms with Crippen molar-refractivity contribution in [3.63, 3.8) is 0 Å². The lowest BCUT2D eigenvalue weighted by atomic mass is 10.1. The van der Waals surface area contributed by atoms with Crippen molar-refractivity contribution in [2.24, 2.45) is 0 Å². The predicted molar refractivity (Wildman–Crippen MR) is 50.6 cm³/mol. The molecule has 0 radical (unpaired) electrons. The molecule has 6 heteroatoms. The molecule has 2 atom stereocenters. The molecule has 0 aliphatic heterocycles. The molecule has 0 saturated carbocycles. The van der Waals surface area contributed by atoms with E-state index in [1.807, 2.05) is 6.92 Å². The molecule has 0 aliphatic carbocycles. The Hall–Kier alpha value is -1.17. The molecule has 0 aromatic carbocycles. The van der Waals surface area contributed by atoms with Crippen molar-refractivity contribution in [1.82, 2.24) is 5.32 Å². The Kier molecular flexibility index (Phi) is 5.78. The van der Waals surface area contributed by atoms with Gasteiger partial charge in [0, 0.05) is 19.0 Å². The van der Waals surface area contributed by atoms with Crippen molar-refractivity contribution in [3.05, 3.63) is 10.1 Å². The standard InChI is InChI=1S/C8H16N2O4/c1-4-8(14-3)7(5-10(12)13)9-6(2)11/h7-8H,4-5H2,1-3H3,(H,9,11)/t7-,8-/m1/s1. The highest BCUT2D eigenvalue weighted by Gasteiger charge is 2.25. The molecule has 0 rings (SSSR count). The summed E-state index contributed by atoms with van der Waals surface area (Å²) < 4.78 is 5.04. The molecule has 0 aliphatic rings. The highest BCUT2D eigenvalue weighted by molar-refractivity contribution is 5.73. The molecular formula is C8H16N2O4. The molecule has 6 nitrogen and oxygen atoms in total. The van der Waals surface area contributed by atoms with Crippen molar-refractivity contribution in [2.75, 3.05) is 13.7 Å². The number of nitrogens with one attached hydrogen (secondary N) is 1. The van der Waals surface area contributed by atoms with Crippen LogP contribution < -0.4 is 5.32 Å². The van der Waals surface area contributed by atoms with E-state index in [4.69, 9.17) is 4.74 Å². The molecule has 0 unspecified atom stereocenters. The van der Waals surface area contributed by atoms with E-state index in [1.54, 1.807) is 0 Å². The number of nitro groups is 1. The van der Waals surface area contributed by atoms with Crippen molar-refractivity contribution in [1.29, 1.82) is 0 Å². The topological polar surface area (TPSA) is 81.5 Å². The molecule has 0 aromatic rings. The highest BCUT2D eigenvalue weighted by atomic mass is 16.6. The van der Waals surface area contributed by atoms with Gasteiger partial charge in [0.05, 0.1) is 6.10 Å². The van der Waals surface area contributed by atoms with Crippen LogP contribution in [0.25, 0.3) is 0 Å². The van der Waals surface area contributed by atoms with Gasteiger partial charge in [0.2, 0.25) is 12.5 Å². The first-order valence-corrected chi connectivity index (χ1v) is 4.43. The first-order chi connectivity index (χ1) is 6.51. The number of hydrogen-bond acceptors (Lipinski definition) is 4. The van der Waals surface area contributed by atoms with E-state index in [-0.39, 0.29) is 18.6 Å². The summed E-state index contributed by atoms with van der Waals surface area (Å²) in [5.74, 6) is -0.285. The zero-order valence-corrected chi connectivity index (χ0v) is 8.65. The third-order valence-corrected chi connectivity index (χ3v) is 1.89. The zero-order valence-electron chi connectivity index (χ0n) is 8.65. The van der Waals surface area contributed by atoms with Crippen molar-refractivity contribution in [3.8, 4) is 0 Å². The van der Waals surface area contributed by atoms with Gasteiger partial charge in [-0.2, -0.15) is 0 Å².